The van der Waals surface area contributed by atoms with Gasteiger partial charge in [0.15, 0.2) is 15.8 Å². The number of aliphatic imine (C=N–C) groups is 1. The van der Waals surface area contributed by atoms with Gasteiger partial charge >= 0.3 is 0 Å². The molecule has 0 radical (unpaired) electrons. The Morgan fingerprint density at radius 2 is 1.79 bits per heavy atom. The van der Waals surface area contributed by atoms with Gasteiger partial charge in [0.1, 0.15) is 0 Å². The monoisotopic (exact) mass is 519 g/mol. The van der Waals surface area contributed by atoms with Gasteiger partial charge in [-0.2, -0.15) is 0 Å². The van der Waals surface area contributed by atoms with E-state index in [4.69, 9.17) is 0 Å². The van der Waals surface area contributed by atoms with Crippen LogP contribution >= 0.6 is 24.0 Å². The van der Waals surface area contributed by atoms with Crippen LogP contribution in [0.4, 0.5) is 0 Å². The Balaban J connectivity index is 0.00000392. The fraction of sp³-hybridized carbons (Fsp3) is 0.571. The molecule has 0 saturated carbocycles. The fourth-order valence-corrected chi connectivity index (χ4v) is 3.88. The summed E-state index contributed by atoms with van der Waals surface area (Å²) in [6, 6.07) is 10.4. The summed E-state index contributed by atoms with van der Waals surface area (Å²) in [4.78, 5) is 6.81. The molecule has 7 heteroatoms. The third kappa shape index (κ3) is 7.39. The van der Waals surface area contributed by atoms with Gasteiger partial charge in [0, 0.05) is 19.6 Å². The molecule has 1 aliphatic rings. The zero-order valence-corrected chi connectivity index (χ0v) is 20.6. The van der Waals surface area contributed by atoms with E-state index >= 15 is 0 Å². The number of likely N-dealkylation sites (tertiary alicyclic amines) is 1. The van der Waals surface area contributed by atoms with Crippen LogP contribution in [-0.4, -0.2) is 56.0 Å². The Bertz CT molecular complexity index is 759. The molecule has 0 spiro atoms. The molecule has 1 fully saturated rings. The minimum Gasteiger partial charge on any atom is -0.357 e. The van der Waals surface area contributed by atoms with Gasteiger partial charge in [-0.05, 0) is 46.1 Å². The van der Waals surface area contributed by atoms with Crippen molar-refractivity contribution in [1.29, 1.82) is 0 Å². The maximum absolute atomic E-state index is 12.3. The van der Waals surface area contributed by atoms with Crippen LogP contribution < -0.4 is 5.32 Å². The molecule has 0 bridgehead atoms. The molecule has 1 aromatic carbocycles. The van der Waals surface area contributed by atoms with Crippen molar-refractivity contribution in [3.8, 4) is 0 Å². The minimum absolute atomic E-state index is 0. The Kier molecular flexibility index (Phi) is 9.97. The Hall–Kier alpha value is -1.09. The molecule has 1 heterocycles. The summed E-state index contributed by atoms with van der Waals surface area (Å²) in [6.07, 6.45) is 4.27. The van der Waals surface area contributed by atoms with Gasteiger partial charge in [-0.25, -0.2) is 8.42 Å². The van der Waals surface area contributed by atoms with Crippen molar-refractivity contribution in [1.82, 2.24) is 10.2 Å². The first-order valence-corrected chi connectivity index (χ1v) is 11.4. The van der Waals surface area contributed by atoms with E-state index in [9.17, 15) is 8.42 Å². The molecule has 0 unspecified atom stereocenters. The van der Waals surface area contributed by atoms with Crippen LogP contribution in [0.5, 0.6) is 0 Å². The van der Waals surface area contributed by atoms with E-state index in [1.807, 2.05) is 13.0 Å². The molecule has 0 aliphatic carbocycles. The second-order valence-corrected chi connectivity index (χ2v) is 10.7. The van der Waals surface area contributed by atoms with E-state index < -0.39 is 14.6 Å². The summed E-state index contributed by atoms with van der Waals surface area (Å²) in [5, 5.41) is 3.30. The highest BCUT2D eigenvalue weighted by atomic mass is 127. The van der Waals surface area contributed by atoms with Crippen molar-refractivity contribution in [3.05, 3.63) is 41.5 Å². The first-order chi connectivity index (χ1) is 12.7. The van der Waals surface area contributed by atoms with Crippen molar-refractivity contribution in [2.45, 2.75) is 45.3 Å². The number of benzene rings is 1. The molecule has 158 valence electrons. The minimum atomic E-state index is -3.14. The van der Waals surface area contributed by atoms with Gasteiger partial charge in [0.05, 0.1) is 17.0 Å². The van der Waals surface area contributed by atoms with Crippen LogP contribution in [0, 0.1) is 0 Å². The summed E-state index contributed by atoms with van der Waals surface area (Å²) in [7, 11) is -3.14. The molecule has 0 atom stereocenters. The smallest absolute Gasteiger partial charge is 0.193 e. The second-order valence-electron chi connectivity index (χ2n) is 7.87. The SMILES string of the molecule is CCNC(=NCCS(=O)(=O)C(C)(C)C)N1CCC(=Cc2ccccc2)CC1.I. The van der Waals surface area contributed by atoms with Crippen LogP contribution in [-0.2, 0) is 9.84 Å². The van der Waals surface area contributed by atoms with Crippen LogP contribution in [0.25, 0.3) is 6.08 Å². The van der Waals surface area contributed by atoms with Gasteiger partial charge < -0.3 is 10.2 Å². The third-order valence-electron chi connectivity index (χ3n) is 4.77. The van der Waals surface area contributed by atoms with Gasteiger partial charge in [-0.3, -0.25) is 4.99 Å². The first-order valence-electron chi connectivity index (χ1n) is 9.73. The highest BCUT2D eigenvalue weighted by Gasteiger charge is 2.28. The summed E-state index contributed by atoms with van der Waals surface area (Å²) >= 11 is 0. The third-order valence-corrected chi connectivity index (χ3v) is 7.35. The van der Waals surface area contributed by atoms with E-state index in [0.717, 1.165) is 38.4 Å². The number of nitrogens with zero attached hydrogens (tertiary/aromatic N) is 2. The molecule has 0 amide bonds. The predicted molar refractivity (Wildman–Crippen MR) is 130 cm³/mol. The first kappa shape index (κ1) is 24.9. The number of hydrogen-bond donors (Lipinski definition) is 1. The van der Waals surface area contributed by atoms with Crippen molar-refractivity contribution in [2.24, 2.45) is 4.99 Å². The lowest BCUT2D eigenvalue weighted by atomic mass is 10.0. The fourth-order valence-electron chi connectivity index (χ4n) is 2.94. The molecule has 1 N–H and O–H groups in total. The lowest BCUT2D eigenvalue weighted by Crippen LogP contribution is -2.44. The number of guanidine groups is 1. The number of hydrogen-bond acceptors (Lipinski definition) is 3. The topological polar surface area (TPSA) is 61.8 Å². The summed E-state index contributed by atoms with van der Waals surface area (Å²) in [5.74, 6) is 0.902. The molecule has 28 heavy (non-hydrogen) atoms. The van der Waals surface area contributed by atoms with Crippen LogP contribution in [0.3, 0.4) is 0 Å². The molecular weight excluding hydrogens is 485 g/mol. The standard InChI is InChI=1S/C21H33N3O2S.HI/c1-5-22-20(23-13-16-27(25,26)21(2,3)4)24-14-11-19(12-15-24)17-18-9-7-6-8-10-18;/h6-10,17H,5,11-16H2,1-4H3,(H,22,23);1H. The molecule has 2 rings (SSSR count). The predicted octanol–water partition coefficient (Wildman–Crippen LogP) is 3.96. The van der Waals surface area contributed by atoms with Crippen molar-refractivity contribution >= 4 is 45.8 Å². The van der Waals surface area contributed by atoms with E-state index in [-0.39, 0.29) is 29.7 Å². The Labute approximate surface area is 187 Å². The van der Waals surface area contributed by atoms with E-state index in [1.165, 1.54) is 11.1 Å². The van der Waals surface area contributed by atoms with Gasteiger partial charge in [0.25, 0.3) is 0 Å². The number of rotatable bonds is 5. The summed E-state index contributed by atoms with van der Waals surface area (Å²) in [6.45, 7) is 10.1. The van der Waals surface area contributed by atoms with E-state index in [2.05, 4.69) is 45.6 Å². The van der Waals surface area contributed by atoms with Gasteiger partial charge in [-0.1, -0.05) is 42.0 Å². The summed E-state index contributed by atoms with van der Waals surface area (Å²) in [5.41, 5.74) is 2.69. The van der Waals surface area contributed by atoms with E-state index in [1.54, 1.807) is 20.8 Å². The van der Waals surface area contributed by atoms with Crippen molar-refractivity contribution in [3.63, 3.8) is 0 Å². The molecule has 1 aromatic rings. The molecule has 1 aliphatic heterocycles. The molecular formula is C21H34IN3O2S. The Morgan fingerprint density at radius 3 is 2.32 bits per heavy atom. The van der Waals surface area contributed by atoms with Crippen LogP contribution in [0.1, 0.15) is 46.1 Å². The van der Waals surface area contributed by atoms with Crippen LogP contribution in [0.15, 0.2) is 40.9 Å². The van der Waals surface area contributed by atoms with Crippen molar-refractivity contribution < 1.29 is 8.42 Å². The van der Waals surface area contributed by atoms with Gasteiger partial charge in [0.2, 0.25) is 0 Å². The largest absolute Gasteiger partial charge is 0.357 e. The van der Waals surface area contributed by atoms with Gasteiger partial charge in [-0.15, -0.1) is 24.0 Å². The number of halogens is 1. The van der Waals surface area contributed by atoms with E-state index in [0.29, 0.717) is 6.54 Å². The molecule has 0 aromatic heterocycles. The molecule has 1 saturated heterocycles. The summed E-state index contributed by atoms with van der Waals surface area (Å²) < 4.78 is 23.8. The lowest BCUT2D eigenvalue weighted by molar-refractivity contribution is 0.376. The van der Waals surface area contributed by atoms with Crippen molar-refractivity contribution in [2.75, 3.05) is 31.9 Å². The number of sulfone groups is 1. The zero-order chi connectivity index (χ0) is 19.9. The highest BCUT2D eigenvalue weighted by molar-refractivity contribution is 14.0. The maximum Gasteiger partial charge on any atom is 0.193 e. The average Bonchev–Trinajstić information content (AvgIpc) is 2.61. The Morgan fingerprint density at radius 1 is 1.18 bits per heavy atom. The van der Waals surface area contributed by atoms with Crippen LogP contribution in [0.2, 0.25) is 0 Å². The molecule has 5 nitrogen and oxygen atoms in total. The average molecular weight is 519 g/mol. The maximum atomic E-state index is 12.3. The lowest BCUT2D eigenvalue weighted by Gasteiger charge is -2.31. The zero-order valence-electron chi connectivity index (χ0n) is 17.4. The second kappa shape index (κ2) is 11.2. The quantitative estimate of drug-likeness (QED) is 0.364. The normalized spacial score (nSPS) is 15.8. The number of piperidine rings is 1. The highest BCUT2D eigenvalue weighted by Crippen LogP contribution is 2.20. The number of nitrogens with one attached hydrogen (secondary N) is 1.